The predicted molar refractivity (Wildman–Crippen MR) is 114 cm³/mol. The largest absolute Gasteiger partial charge is 0.493 e. The fourth-order valence-electron chi connectivity index (χ4n) is 3.45. The van der Waals surface area contributed by atoms with E-state index in [0.29, 0.717) is 35.8 Å². The number of hydrogen-bond acceptors (Lipinski definition) is 6. The number of carbonyl (C=O) groups excluding carboxylic acids is 1. The van der Waals surface area contributed by atoms with Gasteiger partial charge in [0.1, 0.15) is 0 Å². The molecule has 8 heteroatoms. The van der Waals surface area contributed by atoms with Crippen LogP contribution in [-0.2, 0) is 14.6 Å². The van der Waals surface area contributed by atoms with E-state index < -0.39 is 15.1 Å². The summed E-state index contributed by atoms with van der Waals surface area (Å²) in [4.78, 5) is 14.5. The highest BCUT2D eigenvalue weighted by Crippen LogP contribution is 2.38. The van der Waals surface area contributed by atoms with Gasteiger partial charge in [-0.15, -0.1) is 0 Å². The Kier molecular flexibility index (Phi) is 6.66. The van der Waals surface area contributed by atoms with Gasteiger partial charge < -0.3 is 19.1 Å². The summed E-state index contributed by atoms with van der Waals surface area (Å²) < 4.78 is 41.5. The minimum atomic E-state index is -3.46. The number of ether oxygens (including phenoxy) is 3. The molecule has 0 saturated carbocycles. The Hall–Kier alpha value is -3.00. The normalized spacial score (nSPS) is 16.6. The van der Waals surface area contributed by atoms with Crippen LogP contribution in [0.3, 0.4) is 0 Å². The van der Waals surface area contributed by atoms with Gasteiger partial charge in [0, 0.05) is 19.2 Å². The van der Waals surface area contributed by atoms with Crippen molar-refractivity contribution in [3.63, 3.8) is 0 Å². The lowest BCUT2D eigenvalue weighted by Gasteiger charge is -2.15. The number of carbonyl (C=O) groups is 1. The molecule has 1 amide bonds. The average Bonchev–Trinajstić information content (AvgIpc) is 3.28. The lowest BCUT2D eigenvalue weighted by Crippen LogP contribution is -2.30. The zero-order valence-electron chi connectivity index (χ0n) is 17.2. The van der Waals surface area contributed by atoms with Gasteiger partial charge in [-0.2, -0.15) is 0 Å². The third-order valence-electron chi connectivity index (χ3n) is 5.07. The molecule has 160 valence electrons. The molecule has 30 heavy (non-hydrogen) atoms. The quantitative estimate of drug-likeness (QED) is 0.627. The van der Waals surface area contributed by atoms with Crippen molar-refractivity contribution in [3.8, 4) is 17.2 Å². The van der Waals surface area contributed by atoms with Crippen LogP contribution in [0, 0.1) is 0 Å². The second kappa shape index (κ2) is 9.21. The van der Waals surface area contributed by atoms with E-state index in [-0.39, 0.29) is 17.3 Å². The molecule has 0 N–H and O–H groups in total. The number of nitrogens with zero attached hydrogens (tertiary/aromatic N) is 1. The van der Waals surface area contributed by atoms with Crippen molar-refractivity contribution in [2.75, 3.05) is 34.4 Å². The van der Waals surface area contributed by atoms with E-state index in [1.807, 2.05) is 0 Å². The van der Waals surface area contributed by atoms with Crippen molar-refractivity contribution in [1.82, 2.24) is 4.90 Å². The summed E-state index contributed by atoms with van der Waals surface area (Å²) in [5.74, 6) is 1.20. The maximum atomic E-state index is 12.8. The summed E-state index contributed by atoms with van der Waals surface area (Å²) >= 11 is 0. The molecule has 1 aliphatic heterocycles. The van der Waals surface area contributed by atoms with E-state index in [4.69, 9.17) is 14.2 Å². The minimum absolute atomic E-state index is 0.176. The number of methoxy groups -OCH3 is 3. The first-order valence-corrected chi connectivity index (χ1v) is 11.0. The predicted octanol–water partition coefficient (Wildman–Crippen LogP) is 2.80. The molecule has 2 aromatic rings. The van der Waals surface area contributed by atoms with E-state index in [0.717, 1.165) is 0 Å². The molecule has 1 saturated heterocycles. The number of amides is 1. The topological polar surface area (TPSA) is 82.1 Å². The van der Waals surface area contributed by atoms with Crippen LogP contribution in [-0.4, -0.2) is 58.9 Å². The molecule has 1 atom stereocenters. The molecule has 1 aliphatic rings. The number of likely N-dealkylation sites (tertiary alicyclic amines) is 1. The van der Waals surface area contributed by atoms with Crippen LogP contribution < -0.4 is 14.2 Å². The van der Waals surface area contributed by atoms with Crippen LogP contribution in [0.15, 0.2) is 53.4 Å². The summed E-state index contributed by atoms with van der Waals surface area (Å²) in [6.45, 7) is 0.574. The number of rotatable bonds is 7. The lowest BCUT2D eigenvalue weighted by molar-refractivity contribution is -0.124. The van der Waals surface area contributed by atoms with Gasteiger partial charge in [-0.25, -0.2) is 8.42 Å². The first-order chi connectivity index (χ1) is 14.4. The number of hydrogen-bond donors (Lipinski definition) is 0. The van der Waals surface area contributed by atoms with Gasteiger partial charge in [0.25, 0.3) is 0 Å². The van der Waals surface area contributed by atoms with Crippen molar-refractivity contribution in [1.29, 1.82) is 0 Å². The fraction of sp³-hybridized carbons (Fsp3) is 0.318. The van der Waals surface area contributed by atoms with Crippen LogP contribution in [0.25, 0.3) is 6.08 Å². The van der Waals surface area contributed by atoms with E-state index in [2.05, 4.69) is 0 Å². The highest BCUT2D eigenvalue weighted by Gasteiger charge is 2.35. The molecule has 0 aromatic heterocycles. The van der Waals surface area contributed by atoms with E-state index >= 15 is 0 Å². The van der Waals surface area contributed by atoms with Crippen LogP contribution in [0.1, 0.15) is 12.0 Å². The molecule has 0 aliphatic carbocycles. The van der Waals surface area contributed by atoms with E-state index in [9.17, 15) is 13.2 Å². The van der Waals surface area contributed by atoms with Gasteiger partial charge >= 0.3 is 0 Å². The van der Waals surface area contributed by atoms with Crippen molar-refractivity contribution in [3.05, 3.63) is 54.1 Å². The van der Waals surface area contributed by atoms with Gasteiger partial charge in [0.05, 0.1) is 31.5 Å². The second-order valence-corrected chi connectivity index (χ2v) is 9.07. The summed E-state index contributed by atoms with van der Waals surface area (Å²) in [5, 5.41) is -0.599. The van der Waals surface area contributed by atoms with Crippen LogP contribution in [0.5, 0.6) is 17.2 Å². The second-order valence-electron chi connectivity index (χ2n) is 6.85. The Morgan fingerprint density at radius 3 is 2.23 bits per heavy atom. The Bertz CT molecular complexity index is 1010. The van der Waals surface area contributed by atoms with Crippen molar-refractivity contribution in [2.45, 2.75) is 16.6 Å². The Morgan fingerprint density at radius 2 is 1.67 bits per heavy atom. The molecular formula is C22H25NO6S. The maximum Gasteiger partial charge on any atom is 0.246 e. The SMILES string of the molecule is COc1cc(/C=C/C(=O)N2CCC(S(=O)(=O)c3ccccc3)C2)cc(OC)c1OC. The van der Waals surface area contributed by atoms with Gasteiger partial charge in [-0.3, -0.25) is 4.79 Å². The van der Waals surface area contributed by atoms with Crippen LogP contribution >= 0.6 is 0 Å². The minimum Gasteiger partial charge on any atom is -0.493 e. The molecule has 2 aromatic carbocycles. The maximum absolute atomic E-state index is 12.8. The zero-order valence-corrected chi connectivity index (χ0v) is 18.0. The summed E-state index contributed by atoms with van der Waals surface area (Å²) in [5.41, 5.74) is 0.700. The molecule has 1 heterocycles. The van der Waals surface area contributed by atoms with Crippen molar-refractivity contribution >= 4 is 21.8 Å². The molecular weight excluding hydrogens is 406 g/mol. The highest BCUT2D eigenvalue weighted by atomic mass is 32.2. The monoisotopic (exact) mass is 431 g/mol. The highest BCUT2D eigenvalue weighted by molar-refractivity contribution is 7.92. The molecule has 0 radical (unpaired) electrons. The molecule has 0 spiro atoms. The van der Waals surface area contributed by atoms with E-state index in [1.54, 1.807) is 53.4 Å². The zero-order chi connectivity index (χ0) is 21.7. The van der Waals surface area contributed by atoms with Crippen LogP contribution in [0.4, 0.5) is 0 Å². The number of benzene rings is 2. The molecule has 3 rings (SSSR count). The van der Waals surface area contributed by atoms with Gasteiger partial charge in [-0.1, -0.05) is 18.2 Å². The van der Waals surface area contributed by atoms with Gasteiger partial charge in [0.2, 0.25) is 11.7 Å². The fourth-order valence-corrected chi connectivity index (χ4v) is 5.17. The summed E-state index contributed by atoms with van der Waals surface area (Å²) in [6.07, 6.45) is 3.49. The van der Waals surface area contributed by atoms with Crippen molar-refractivity contribution < 1.29 is 27.4 Å². The third kappa shape index (κ3) is 4.43. The van der Waals surface area contributed by atoms with E-state index in [1.165, 1.54) is 27.4 Å². The Balaban J connectivity index is 1.72. The third-order valence-corrected chi connectivity index (χ3v) is 7.26. The first-order valence-electron chi connectivity index (χ1n) is 9.46. The summed E-state index contributed by atoms with van der Waals surface area (Å²) in [6, 6.07) is 11.8. The molecule has 7 nitrogen and oxygen atoms in total. The average molecular weight is 432 g/mol. The number of sulfone groups is 1. The molecule has 1 unspecified atom stereocenters. The summed E-state index contributed by atoms with van der Waals surface area (Å²) in [7, 11) is 1.10. The van der Waals surface area contributed by atoms with Crippen molar-refractivity contribution in [2.24, 2.45) is 0 Å². The Morgan fingerprint density at radius 1 is 1.03 bits per heavy atom. The Labute approximate surface area is 176 Å². The smallest absolute Gasteiger partial charge is 0.246 e. The molecule has 1 fully saturated rings. The van der Waals surface area contributed by atoms with Gasteiger partial charge in [0.15, 0.2) is 21.3 Å². The molecule has 0 bridgehead atoms. The first kappa shape index (κ1) is 21.7. The van der Waals surface area contributed by atoms with Gasteiger partial charge in [-0.05, 0) is 42.3 Å². The lowest BCUT2D eigenvalue weighted by atomic mass is 10.1. The van der Waals surface area contributed by atoms with Crippen LogP contribution in [0.2, 0.25) is 0 Å². The standard InChI is InChI=1S/C22H25NO6S/c1-27-19-13-16(14-20(28-2)22(19)29-3)9-10-21(24)23-12-11-18(15-23)30(25,26)17-7-5-4-6-8-17/h4-10,13-14,18H,11-12,15H2,1-3H3/b10-9+.